The number of urea groups is 1. The summed E-state index contributed by atoms with van der Waals surface area (Å²) in [6, 6.07) is -0.684. The third kappa shape index (κ3) is 3.33. The van der Waals surface area contributed by atoms with Gasteiger partial charge in [-0.1, -0.05) is 6.92 Å². The van der Waals surface area contributed by atoms with Crippen LogP contribution in [0.15, 0.2) is 0 Å². The highest BCUT2D eigenvalue weighted by molar-refractivity contribution is 6.04. The summed E-state index contributed by atoms with van der Waals surface area (Å²) in [5.41, 5.74) is 0. The van der Waals surface area contributed by atoms with Gasteiger partial charge >= 0.3 is 6.03 Å². The van der Waals surface area contributed by atoms with Crippen molar-refractivity contribution in [3.8, 4) is 0 Å². The summed E-state index contributed by atoms with van der Waals surface area (Å²) in [6.45, 7) is 4.00. The Morgan fingerprint density at radius 3 is 2.71 bits per heavy atom. The van der Waals surface area contributed by atoms with E-state index in [9.17, 15) is 9.59 Å². The molecule has 0 saturated carbocycles. The van der Waals surface area contributed by atoms with Crippen molar-refractivity contribution in [2.24, 2.45) is 0 Å². The van der Waals surface area contributed by atoms with E-state index in [0.29, 0.717) is 0 Å². The van der Waals surface area contributed by atoms with E-state index in [2.05, 4.69) is 22.9 Å². The summed E-state index contributed by atoms with van der Waals surface area (Å²) >= 11 is 0. The molecule has 0 aromatic heterocycles. The van der Waals surface area contributed by atoms with Crippen LogP contribution in [0.4, 0.5) is 4.79 Å². The Hall–Kier alpha value is -1.10. The van der Waals surface area contributed by atoms with Gasteiger partial charge in [0.15, 0.2) is 0 Å². The molecule has 0 aromatic carbocycles. The molecule has 0 radical (unpaired) electrons. The van der Waals surface area contributed by atoms with Gasteiger partial charge in [-0.2, -0.15) is 0 Å². The summed E-state index contributed by atoms with van der Waals surface area (Å²) < 4.78 is 0. The minimum absolute atomic E-state index is 0.196. The molecule has 1 rings (SSSR count). The summed E-state index contributed by atoms with van der Waals surface area (Å²) in [6.07, 6.45) is 2.71. The molecular formula is C9H17N3O2. The zero-order chi connectivity index (χ0) is 10.4. The maximum absolute atomic E-state index is 11.1. The van der Waals surface area contributed by atoms with Crippen molar-refractivity contribution in [3.63, 3.8) is 0 Å². The molecule has 14 heavy (non-hydrogen) atoms. The standard InChI is InChI=1S/C9H17N3O2/c1-2-10-6-4-3-5-7-8(13)12-9(14)11-7/h7,10H,2-6H2,1H3,(H2,11,12,13,14)/t7-/m0/s1. The van der Waals surface area contributed by atoms with Crippen LogP contribution in [0.2, 0.25) is 0 Å². The average molecular weight is 199 g/mol. The molecule has 1 atom stereocenters. The lowest BCUT2D eigenvalue weighted by Crippen LogP contribution is -2.28. The van der Waals surface area contributed by atoms with E-state index in [4.69, 9.17) is 0 Å². The minimum atomic E-state index is -0.369. The Balaban J connectivity index is 2.07. The van der Waals surface area contributed by atoms with Crippen molar-refractivity contribution in [1.82, 2.24) is 16.0 Å². The summed E-state index contributed by atoms with van der Waals surface area (Å²) in [5, 5.41) is 7.99. The van der Waals surface area contributed by atoms with Gasteiger partial charge in [-0.25, -0.2) is 4.79 Å². The van der Waals surface area contributed by atoms with Gasteiger partial charge in [0.2, 0.25) is 0 Å². The third-order valence-electron chi connectivity index (χ3n) is 2.20. The summed E-state index contributed by atoms with van der Waals surface area (Å²) in [4.78, 5) is 21.8. The van der Waals surface area contributed by atoms with Crippen molar-refractivity contribution < 1.29 is 9.59 Å². The molecule has 1 aliphatic heterocycles. The van der Waals surface area contributed by atoms with E-state index in [1.54, 1.807) is 0 Å². The van der Waals surface area contributed by atoms with Gasteiger partial charge in [0.25, 0.3) is 5.91 Å². The first-order valence-corrected chi connectivity index (χ1v) is 5.06. The van der Waals surface area contributed by atoms with Crippen LogP contribution in [-0.2, 0) is 4.79 Å². The Labute approximate surface area is 83.6 Å². The van der Waals surface area contributed by atoms with Crippen molar-refractivity contribution in [1.29, 1.82) is 0 Å². The molecule has 0 spiro atoms. The van der Waals surface area contributed by atoms with Gasteiger partial charge in [0, 0.05) is 0 Å². The Morgan fingerprint density at radius 2 is 2.14 bits per heavy atom. The Kier molecular flexibility index (Phi) is 4.39. The highest BCUT2D eigenvalue weighted by Gasteiger charge is 2.28. The maximum atomic E-state index is 11.1. The number of amides is 3. The molecule has 0 bridgehead atoms. The van der Waals surface area contributed by atoms with Crippen LogP contribution in [0.3, 0.4) is 0 Å². The Morgan fingerprint density at radius 1 is 1.36 bits per heavy atom. The minimum Gasteiger partial charge on any atom is -0.326 e. The van der Waals surface area contributed by atoms with E-state index in [1.165, 1.54) is 0 Å². The van der Waals surface area contributed by atoms with Crippen molar-refractivity contribution in [2.75, 3.05) is 13.1 Å². The number of hydrogen-bond donors (Lipinski definition) is 3. The maximum Gasteiger partial charge on any atom is 0.322 e. The number of carbonyl (C=O) groups is 2. The highest BCUT2D eigenvalue weighted by Crippen LogP contribution is 2.04. The van der Waals surface area contributed by atoms with Crippen molar-refractivity contribution in [2.45, 2.75) is 32.2 Å². The molecule has 1 fully saturated rings. The second kappa shape index (κ2) is 5.59. The van der Waals surface area contributed by atoms with Crippen LogP contribution >= 0.6 is 0 Å². The number of imide groups is 1. The number of nitrogens with one attached hydrogen (secondary N) is 3. The number of rotatable bonds is 6. The molecule has 5 heteroatoms. The van der Waals surface area contributed by atoms with Gasteiger partial charge in [0.05, 0.1) is 0 Å². The molecule has 80 valence electrons. The van der Waals surface area contributed by atoms with Gasteiger partial charge in [-0.3, -0.25) is 10.1 Å². The predicted octanol–water partition coefficient (Wildman–Crippen LogP) is -0.0258. The number of hydrogen-bond acceptors (Lipinski definition) is 3. The monoisotopic (exact) mass is 199 g/mol. The van der Waals surface area contributed by atoms with E-state index in [0.717, 1.165) is 32.4 Å². The van der Waals surface area contributed by atoms with Crippen LogP contribution in [0.1, 0.15) is 26.2 Å². The first-order valence-electron chi connectivity index (χ1n) is 5.06. The van der Waals surface area contributed by atoms with E-state index in [1.807, 2.05) is 0 Å². The van der Waals surface area contributed by atoms with E-state index < -0.39 is 0 Å². The first-order chi connectivity index (χ1) is 6.74. The summed E-state index contributed by atoms with van der Waals surface area (Å²) in [7, 11) is 0. The fourth-order valence-corrected chi connectivity index (χ4v) is 1.44. The molecule has 1 saturated heterocycles. The molecule has 0 aromatic rings. The fourth-order valence-electron chi connectivity index (χ4n) is 1.44. The van der Waals surface area contributed by atoms with Crippen molar-refractivity contribution in [3.05, 3.63) is 0 Å². The lowest BCUT2D eigenvalue weighted by atomic mass is 10.1. The average Bonchev–Trinajstić information content (AvgIpc) is 2.45. The molecule has 3 N–H and O–H groups in total. The predicted molar refractivity (Wildman–Crippen MR) is 52.9 cm³/mol. The largest absolute Gasteiger partial charge is 0.326 e. The van der Waals surface area contributed by atoms with Crippen LogP contribution in [0.5, 0.6) is 0 Å². The molecule has 1 aliphatic rings. The van der Waals surface area contributed by atoms with Crippen LogP contribution in [0.25, 0.3) is 0 Å². The molecular weight excluding hydrogens is 182 g/mol. The Bertz CT molecular complexity index is 218. The van der Waals surface area contributed by atoms with Crippen LogP contribution in [0, 0.1) is 0 Å². The quantitative estimate of drug-likeness (QED) is 0.416. The van der Waals surface area contributed by atoms with Crippen LogP contribution < -0.4 is 16.0 Å². The lowest BCUT2D eigenvalue weighted by molar-refractivity contribution is -0.120. The first kappa shape index (κ1) is 11.0. The zero-order valence-corrected chi connectivity index (χ0v) is 8.43. The van der Waals surface area contributed by atoms with E-state index >= 15 is 0 Å². The molecule has 0 aliphatic carbocycles. The van der Waals surface area contributed by atoms with Crippen molar-refractivity contribution >= 4 is 11.9 Å². The molecule has 5 nitrogen and oxygen atoms in total. The van der Waals surface area contributed by atoms with Gasteiger partial charge < -0.3 is 10.6 Å². The van der Waals surface area contributed by atoms with Gasteiger partial charge in [0.1, 0.15) is 6.04 Å². The molecule has 0 unspecified atom stereocenters. The number of unbranched alkanes of at least 4 members (excludes halogenated alkanes) is 1. The van der Waals surface area contributed by atoms with Gasteiger partial charge in [-0.05, 0) is 32.4 Å². The smallest absolute Gasteiger partial charge is 0.322 e. The second-order valence-electron chi connectivity index (χ2n) is 3.36. The molecule has 3 amide bonds. The fraction of sp³-hybridized carbons (Fsp3) is 0.778. The second-order valence-corrected chi connectivity index (χ2v) is 3.36. The number of carbonyl (C=O) groups excluding carboxylic acids is 2. The highest BCUT2D eigenvalue weighted by atomic mass is 16.2. The normalized spacial score (nSPS) is 20.8. The lowest BCUT2D eigenvalue weighted by Gasteiger charge is -2.06. The SMILES string of the molecule is CCNCCCC[C@@H]1NC(=O)NC1=O. The third-order valence-corrected chi connectivity index (χ3v) is 2.20. The zero-order valence-electron chi connectivity index (χ0n) is 8.43. The molecule has 1 heterocycles. The summed E-state index contributed by atoms with van der Waals surface area (Å²) in [5.74, 6) is -0.196. The van der Waals surface area contributed by atoms with Gasteiger partial charge in [-0.15, -0.1) is 0 Å². The van der Waals surface area contributed by atoms with E-state index in [-0.39, 0.29) is 18.0 Å². The van der Waals surface area contributed by atoms with Crippen LogP contribution in [-0.4, -0.2) is 31.1 Å². The topological polar surface area (TPSA) is 70.2 Å².